The highest BCUT2D eigenvalue weighted by Crippen LogP contribution is 2.32. The van der Waals surface area contributed by atoms with Crippen molar-refractivity contribution in [2.75, 3.05) is 26.7 Å². The van der Waals surface area contributed by atoms with Gasteiger partial charge in [-0.3, -0.25) is 4.79 Å². The molecule has 1 aliphatic carbocycles. The lowest BCUT2D eigenvalue weighted by atomic mass is 9.81. The number of fused-ring (bicyclic) bond motifs is 1. The molecule has 2 aromatic carbocycles. The van der Waals surface area contributed by atoms with Crippen molar-refractivity contribution >= 4 is 5.78 Å². The summed E-state index contributed by atoms with van der Waals surface area (Å²) < 4.78 is 5.29. The van der Waals surface area contributed by atoms with Gasteiger partial charge >= 0.3 is 0 Å². The molecule has 1 fully saturated rings. The van der Waals surface area contributed by atoms with Crippen LogP contribution in [0.5, 0.6) is 5.75 Å². The standard InChI is InChI=1S/C23H27NO2/c1-26-21-9-10-22-19(15-21)7-8-20(23(22)25)16-24-13-11-18(12-14-24)17-5-3-2-4-6-17/h2-6,9-10,15,18,20H,7-8,11-14,16H2,1H3. The van der Waals surface area contributed by atoms with E-state index in [0.717, 1.165) is 49.4 Å². The monoisotopic (exact) mass is 349 g/mol. The second-order valence-electron chi connectivity index (χ2n) is 7.61. The Hall–Kier alpha value is -2.13. The number of piperidine rings is 1. The number of carbonyl (C=O) groups is 1. The number of hydrogen-bond donors (Lipinski definition) is 0. The summed E-state index contributed by atoms with van der Waals surface area (Å²) in [7, 11) is 1.67. The number of Topliss-reactive ketones (excluding diaryl/α,β-unsaturated/α-hetero) is 1. The lowest BCUT2D eigenvalue weighted by Crippen LogP contribution is -2.40. The molecule has 1 unspecified atom stereocenters. The van der Waals surface area contributed by atoms with Crippen molar-refractivity contribution in [3.63, 3.8) is 0 Å². The van der Waals surface area contributed by atoms with Crippen LogP contribution < -0.4 is 4.74 Å². The Labute approximate surface area is 156 Å². The Morgan fingerprint density at radius 3 is 2.54 bits per heavy atom. The van der Waals surface area contributed by atoms with Crippen LogP contribution in [0.1, 0.15) is 46.7 Å². The van der Waals surface area contributed by atoms with Crippen LogP contribution in [0.25, 0.3) is 0 Å². The van der Waals surface area contributed by atoms with E-state index in [9.17, 15) is 4.79 Å². The second-order valence-corrected chi connectivity index (χ2v) is 7.61. The molecular weight excluding hydrogens is 322 g/mol. The molecule has 3 nitrogen and oxygen atoms in total. The molecule has 0 bridgehead atoms. The zero-order valence-corrected chi connectivity index (χ0v) is 15.5. The number of carbonyl (C=O) groups excluding carboxylic acids is 1. The molecule has 1 aliphatic heterocycles. The van der Waals surface area contributed by atoms with Crippen molar-refractivity contribution in [2.45, 2.75) is 31.6 Å². The van der Waals surface area contributed by atoms with E-state index in [1.54, 1.807) is 7.11 Å². The highest BCUT2D eigenvalue weighted by molar-refractivity contribution is 6.00. The highest BCUT2D eigenvalue weighted by Gasteiger charge is 2.30. The maximum atomic E-state index is 12.9. The molecule has 1 heterocycles. The predicted molar refractivity (Wildman–Crippen MR) is 104 cm³/mol. The van der Waals surface area contributed by atoms with Gasteiger partial charge in [0.15, 0.2) is 5.78 Å². The molecule has 0 amide bonds. The number of ketones is 1. The summed E-state index contributed by atoms with van der Waals surface area (Å²) in [5, 5.41) is 0. The molecule has 26 heavy (non-hydrogen) atoms. The molecule has 1 saturated heterocycles. The molecular formula is C23H27NO2. The van der Waals surface area contributed by atoms with Gasteiger partial charge in [0.05, 0.1) is 7.11 Å². The Morgan fingerprint density at radius 1 is 1.04 bits per heavy atom. The van der Waals surface area contributed by atoms with Crippen LogP contribution in [-0.4, -0.2) is 37.4 Å². The van der Waals surface area contributed by atoms with Gasteiger partial charge in [0.1, 0.15) is 5.75 Å². The molecule has 2 aromatic rings. The van der Waals surface area contributed by atoms with Gasteiger partial charge in [0.25, 0.3) is 0 Å². The number of ether oxygens (including phenoxy) is 1. The normalized spacial score (nSPS) is 21.4. The van der Waals surface area contributed by atoms with Crippen LogP contribution in [0, 0.1) is 5.92 Å². The topological polar surface area (TPSA) is 29.5 Å². The summed E-state index contributed by atoms with van der Waals surface area (Å²) >= 11 is 0. The van der Waals surface area contributed by atoms with Gasteiger partial charge in [-0.1, -0.05) is 30.3 Å². The van der Waals surface area contributed by atoms with Crippen LogP contribution in [0.3, 0.4) is 0 Å². The predicted octanol–water partition coefficient (Wildman–Crippen LogP) is 4.32. The molecule has 0 saturated carbocycles. The maximum absolute atomic E-state index is 12.9. The van der Waals surface area contributed by atoms with E-state index in [1.807, 2.05) is 18.2 Å². The van der Waals surface area contributed by atoms with Crippen LogP contribution in [-0.2, 0) is 6.42 Å². The largest absolute Gasteiger partial charge is 0.497 e. The number of benzene rings is 2. The Balaban J connectivity index is 1.36. The lowest BCUT2D eigenvalue weighted by molar-refractivity contribution is 0.0840. The first-order valence-electron chi connectivity index (χ1n) is 9.73. The SMILES string of the molecule is COc1ccc2c(c1)CCC(CN1CCC(c3ccccc3)CC1)C2=O. The fourth-order valence-electron chi connectivity index (χ4n) is 4.48. The number of methoxy groups -OCH3 is 1. The van der Waals surface area contributed by atoms with Crippen LogP contribution in [0.4, 0.5) is 0 Å². The van der Waals surface area contributed by atoms with E-state index in [2.05, 4.69) is 35.2 Å². The van der Waals surface area contributed by atoms with Crippen molar-refractivity contribution < 1.29 is 9.53 Å². The van der Waals surface area contributed by atoms with Crippen molar-refractivity contribution in [2.24, 2.45) is 5.92 Å². The van der Waals surface area contributed by atoms with Crippen molar-refractivity contribution in [1.82, 2.24) is 4.90 Å². The molecule has 0 radical (unpaired) electrons. The van der Waals surface area contributed by atoms with E-state index in [4.69, 9.17) is 4.74 Å². The molecule has 2 aliphatic rings. The molecule has 0 spiro atoms. The average molecular weight is 349 g/mol. The quantitative estimate of drug-likeness (QED) is 0.823. The zero-order valence-electron chi connectivity index (χ0n) is 15.5. The van der Waals surface area contributed by atoms with Crippen LogP contribution >= 0.6 is 0 Å². The maximum Gasteiger partial charge on any atom is 0.167 e. The van der Waals surface area contributed by atoms with Crippen molar-refractivity contribution in [3.05, 3.63) is 65.2 Å². The fourth-order valence-corrected chi connectivity index (χ4v) is 4.48. The van der Waals surface area contributed by atoms with Gasteiger partial charge in [-0.2, -0.15) is 0 Å². The Kier molecular flexibility index (Phi) is 5.07. The van der Waals surface area contributed by atoms with Gasteiger partial charge in [-0.25, -0.2) is 0 Å². The highest BCUT2D eigenvalue weighted by atomic mass is 16.5. The van der Waals surface area contributed by atoms with Gasteiger partial charge < -0.3 is 9.64 Å². The number of nitrogens with zero attached hydrogens (tertiary/aromatic N) is 1. The number of rotatable bonds is 4. The fraction of sp³-hybridized carbons (Fsp3) is 0.435. The molecule has 1 atom stereocenters. The molecule has 4 rings (SSSR count). The summed E-state index contributed by atoms with van der Waals surface area (Å²) in [6, 6.07) is 16.7. The molecule has 0 N–H and O–H groups in total. The summed E-state index contributed by atoms with van der Waals surface area (Å²) in [6.45, 7) is 3.10. The number of likely N-dealkylation sites (tertiary alicyclic amines) is 1. The van der Waals surface area contributed by atoms with Crippen LogP contribution in [0.2, 0.25) is 0 Å². The van der Waals surface area contributed by atoms with E-state index >= 15 is 0 Å². The Morgan fingerprint density at radius 2 is 1.81 bits per heavy atom. The summed E-state index contributed by atoms with van der Waals surface area (Å²) in [5.74, 6) is 1.98. The van der Waals surface area contributed by atoms with E-state index in [-0.39, 0.29) is 5.92 Å². The zero-order chi connectivity index (χ0) is 17.9. The van der Waals surface area contributed by atoms with Crippen LogP contribution in [0.15, 0.2) is 48.5 Å². The van der Waals surface area contributed by atoms with E-state index in [0.29, 0.717) is 11.7 Å². The minimum atomic E-state index is 0.143. The third-order valence-corrected chi connectivity index (χ3v) is 6.05. The molecule has 3 heteroatoms. The Bertz CT molecular complexity index is 763. The summed E-state index contributed by atoms with van der Waals surface area (Å²) in [5.41, 5.74) is 3.51. The van der Waals surface area contributed by atoms with Crippen molar-refractivity contribution in [3.8, 4) is 5.75 Å². The van der Waals surface area contributed by atoms with Crippen molar-refractivity contribution in [1.29, 1.82) is 0 Å². The smallest absolute Gasteiger partial charge is 0.167 e. The summed E-state index contributed by atoms with van der Waals surface area (Å²) in [4.78, 5) is 15.4. The third kappa shape index (κ3) is 3.54. The first-order chi connectivity index (χ1) is 12.7. The third-order valence-electron chi connectivity index (χ3n) is 6.05. The minimum absolute atomic E-state index is 0.143. The lowest BCUT2D eigenvalue weighted by Gasteiger charge is -2.35. The average Bonchev–Trinajstić information content (AvgIpc) is 2.71. The van der Waals surface area contributed by atoms with E-state index in [1.165, 1.54) is 18.4 Å². The van der Waals surface area contributed by atoms with E-state index < -0.39 is 0 Å². The molecule has 136 valence electrons. The summed E-state index contributed by atoms with van der Waals surface area (Å²) in [6.07, 6.45) is 4.32. The molecule has 0 aromatic heterocycles. The van der Waals surface area contributed by atoms with Gasteiger partial charge in [0, 0.05) is 18.0 Å². The minimum Gasteiger partial charge on any atom is -0.497 e. The second kappa shape index (κ2) is 7.63. The first kappa shape index (κ1) is 17.3. The first-order valence-corrected chi connectivity index (χ1v) is 9.73. The van der Waals surface area contributed by atoms with Gasteiger partial charge in [0.2, 0.25) is 0 Å². The number of aryl methyl sites for hydroxylation is 1. The van der Waals surface area contributed by atoms with Gasteiger partial charge in [-0.15, -0.1) is 0 Å². The van der Waals surface area contributed by atoms with Gasteiger partial charge in [-0.05, 0) is 74.0 Å². The number of hydrogen-bond acceptors (Lipinski definition) is 3.